The minimum atomic E-state index is 0.415. The molecule has 0 saturated carbocycles. The van der Waals surface area contributed by atoms with Gasteiger partial charge in [-0.05, 0) is 36.5 Å². The van der Waals surface area contributed by atoms with Gasteiger partial charge in [0.25, 0.3) is 0 Å². The standard InChI is InChI=1S/C17H20N2OS/c1-5-14-16(9-18)21-17(19-14)10-20-15-8-12(4)6-7-13(15)11(2)3/h6-8,11H,5,10H2,1-4H3. The fraction of sp³-hybridized carbons (Fsp3) is 0.412. The van der Waals surface area contributed by atoms with Crippen molar-refractivity contribution in [2.45, 2.75) is 46.6 Å². The lowest BCUT2D eigenvalue weighted by molar-refractivity contribution is 0.300. The molecule has 0 bridgehead atoms. The minimum absolute atomic E-state index is 0.415. The summed E-state index contributed by atoms with van der Waals surface area (Å²) < 4.78 is 5.96. The summed E-state index contributed by atoms with van der Waals surface area (Å²) in [4.78, 5) is 5.18. The average Bonchev–Trinajstić information content (AvgIpc) is 2.87. The molecule has 1 aromatic carbocycles. The van der Waals surface area contributed by atoms with Crippen molar-refractivity contribution in [2.24, 2.45) is 0 Å². The number of thiazole rings is 1. The van der Waals surface area contributed by atoms with Crippen LogP contribution in [0, 0.1) is 18.3 Å². The number of nitrogens with zero attached hydrogens (tertiary/aromatic N) is 2. The molecular formula is C17H20N2OS. The first-order chi connectivity index (χ1) is 10.0. The predicted octanol–water partition coefficient (Wildman–Crippen LogP) is 4.59. The smallest absolute Gasteiger partial charge is 0.140 e. The molecule has 0 unspecified atom stereocenters. The van der Waals surface area contributed by atoms with Gasteiger partial charge in [0.15, 0.2) is 0 Å². The SMILES string of the molecule is CCc1nc(COc2cc(C)ccc2C(C)C)sc1C#N. The van der Waals surface area contributed by atoms with E-state index in [1.807, 2.05) is 6.92 Å². The van der Waals surface area contributed by atoms with E-state index in [1.54, 1.807) is 0 Å². The van der Waals surface area contributed by atoms with Gasteiger partial charge in [-0.1, -0.05) is 32.9 Å². The van der Waals surface area contributed by atoms with Crippen molar-refractivity contribution >= 4 is 11.3 Å². The van der Waals surface area contributed by atoms with Crippen molar-refractivity contribution in [3.63, 3.8) is 0 Å². The summed E-state index contributed by atoms with van der Waals surface area (Å²) in [5.41, 5.74) is 3.25. The Morgan fingerprint density at radius 3 is 2.71 bits per heavy atom. The van der Waals surface area contributed by atoms with Gasteiger partial charge in [-0.15, -0.1) is 11.3 Å². The third-order valence-electron chi connectivity index (χ3n) is 3.32. The van der Waals surface area contributed by atoms with E-state index in [9.17, 15) is 0 Å². The largest absolute Gasteiger partial charge is 0.486 e. The molecule has 1 aromatic heterocycles. The molecule has 3 nitrogen and oxygen atoms in total. The van der Waals surface area contributed by atoms with Crippen molar-refractivity contribution in [3.8, 4) is 11.8 Å². The summed E-state index contributed by atoms with van der Waals surface area (Å²) in [5.74, 6) is 1.33. The summed E-state index contributed by atoms with van der Waals surface area (Å²) in [7, 11) is 0. The molecule has 0 spiro atoms. The summed E-state index contributed by atoms with van der Waals surface area (Å²) in [6.07, 6.45) is 0.779. The molecule has 0 aliphatic heterocycles. The number of aromatic nitrogens is 1. The quantitative estimate of drug-likeness (QED) is 0.811. The van der Waals surface area contributed by atoms with E-state index in [0.717, 1.165) is 22.9 Å². The lowest BCUT2D eigenvalue weighted by Gasteiger charge is -2.14. The molecule has 2 rings (SSSR count). The number of aryl methyl sites for hydroxylation is 2. The van der Waals surface area contributed by atoms with Crippen LogP contribution in [0.2, 0.25) is 0 Å². The second-order valence-corrected chi connectivity index (χ2v) is 6.42. The molecule has 0 amide bonds. The molecule has 1 heterocycles. The maximum atomic E-state index is 9.08. The second-order valence-electron chi connectivity index (χ2n) is 5.33. The van der Waals surface area contributed by atoms with Gasteiger partial charge in [0.1, 0.15) is 28.3 Å². The first-order valence-electron chi connectivity index (χ1n) is 7.17. The second kappa shape index (κ2) is 6.73. The molecule has 0 fully saturated rings. The molecule has 0 radical (unpaired) electrons. The molecule has 4 heteroatoms. The Morgan fingerprint density at radius 2 is 2.14 bits per heavy atom. The maximum Gasteiger partial charge on any atom is 0.140 e. The third kappa shape index (κ3) is 3.62. The van der Waals surface area contributed by atoms with Crippen molar-refractivity contribution in [2.75, 3.05) is 0 Å². The van der Waals surface area contributed by atoms with Gasteiger partial charge in [0.05, 0.1) is 5.69 Å². The van der Waals surface area contributed by atoms with Gasteiger partial charge in [0.2, 0.25) is 0 Å². The number of rotatable bonds is 5. The van der Waals surface area contributed by atoms with Crippen molar-refractivity contribution in [3.05, 3.63) is 44.9 Å². The Balaban J connectivity index is 2.18. The summed E-state index contributed by atoms with van der Waals surface area (Å²) in [6, 6.07) is 8.49. The number of ether oxygens (including phenoxy) is 1. The first kappa shape index (κ1) is 15.5. The fourth-order valence-corrected chi connectivity index (χ4v) is 3.04. The lowest BCUT2D eigenvalue weighted by Crippen LogP contribution is -2.00. The van der Waals surface area contributed by atoms with Crippen molar-refractivity contribution in [1.82, 2.24) is 4.98 Å². The molecule has 0 N–H and O–H groups in total. The minimum Gasteiger partial charge on any atom is -0.486 e. The highest BCUT2D eigenvalue weighted by molar-refractivity contribution is 7.12. The van der Waals surface area contributed by atoms with E-state index in [0.29, 0.717) is 17.4 Å². The Labute approximate surface area is 130 Å². The van der Waals surface area contributed by atoms with E-state index in [2.05, 4.69) is 50.0 Å². The van der Waals surface area contributed by atoms with Crippen molar-refractivity contribution < 1.29 is 4.74 Å². The Hall–Kier alpha value is -1.86. The van der Waals surface area contributed by atoms with Gasteiger partial charge in [-0.2, -0.15) is 5.26 Å². The highest BCUT2D eigenvalue weighted by atomic mass is 32.1. The van der Waals surface area contributed by atoms with Crippen LogP contribution in [0.3, 0.4) is 0 Å². The number of benzene rings is 1. The van der Waals surface area contributed by atoms with Crippen LogP contribution in [0.5, 0.6) is 5.75 Å². The average molecular weight is 300 g/mol. The highest BCUT2D eigenvalue weighted by Crippen LogP contribution is 2.29. The molecule has 0 saturated heterocycles. The monoisotopic (exact) mass is 300 g/mol. The van der Waals surface area contributed by atoms with E-state index in [-0.39, 0.29) is 0 Å². The topological polar surface area (TPSA) is 45.9 Å². The number of nitriles is 1. The van der Waals surface area contributed by atoms with Gasteiger partial charge < -0.3 is 4.74 Å². The van der Waals surface area contributed by atoms with Gasteiger partial charge >= 0.3 is 0 Å². The van der Waals surface area contributed by atoms with E-state index in [4.69, 9.17) is 10.00 Å². The van der Waals surface area contributed by atoms with Crippen LogP contribution in [-0.2, 0) is 13.0 Å². The zero-order valence-corrected chi connectivity index (χ0v) is 13.8. The number of hydrogen-bond acceptors (Lipinski definition) is 4. The lowest BCUT2D eigenvalue weighted by atomic mass is 10.0. The molecule has 0 aliphatic rings. The first-order valence-corrected chi connectivity index (χ1v) is 7.98. The maximum absolute atomic E-state index is 9.08. The molecule has 110 valence electrons. The molecule has 0 atom stereocenters. The van der Waals surface area contributed by atoms with Crippen LogP contribution in [-0.4, -0.2) is 4.98 Å². The Bertz CT molecular complexity index is 668. The van der Waals surface area contributed by atoms with Gasteiger partial charge in [-0.25, -0.2) is 4.98 Å². The third-order valence-corrected chi connectivity index (χ3v) is 4.30. The Kier molecular flexibility index (Phi) is 4.98. The van der Waals surface area contributed by atoms with Crippen LogP contribution in [0.15, 0.2) is 18.2 Å². The normalized spacial score (nSPS) is 10.7. The summed E-state index contributed by atoms with van der Waals surface area (Å²) >= 11 is 1.42. The predicted molar refractivity (Wildman–Crippen MR) is 85.8 cm³/mol. The number of hydrogen-bond donors (Lipinski definition) is 0. The molecular weight excluding hydrogens is 280 g/mol. The van der Waals surface area contributed by atoms with Gasteiger partial charge in [0, 0.05) is 0 Å². The molecule has 0 aliphatic carbocycles. The van der Waals surface area contributed by atoms with Crippen LogP contribution in [0.25, 0.3) is 0 Å². The van der Waals surface area contributed by atoms with E-state index < -0.39 is 0 Å². The van der Waals surface area contributed by atoms with E-state index in [1.165, 1.54) is 22.5 Å². The Morgan fingerprint density at radius 1 is 1.38 bits per heavy atom. The van der Waals surface area contributed by atoms with Crippen LogP contribution < -0.4 is 4.74 Å². The summed E-state index contributed by atoms with van der Waals surface area (Å²) in [6.45, 7) is 8.80. The van der Waals surface area contributed by atoms with Crippen molar-refractivity contribution in [1.29, 1.82) is 5.26 Å². The fourth-order valence-electron chi connectivity index (χ4n) is 2.17. The van der Waals surface area contributed by atoms with Crippen LogP contribution in [0.1, 0.15) is 53.4 Å². The van der Waals surface area contributed by atoms with Crippen LogP contribution >= 0.6 is 11.3 Å². The van der Waals surface area contributed by atoms with Gasteiger partial charge in [-0.3, -0.25) is 0 Å². The molecule has 21 heavy (non-hydrogen) atoms. The van der Waals surface area contributed by atoms with E-state index >= 15 is 0 Å². The zero-order valence-electron chi connectivity index (χ0n) is 12.9. The molecule has 2 aromatic rings. The highest BCUT2D eigenvalue weighted by Gasteiger charge is 2.12. The van der Waals surface area contributed by atoms with Crippen LogP contribution in [0.4, 0.5) is 0 Å². The zero-order chi connectivity index (χ0) is 15.4. The summed E-state index contributed by atoms with van der Waals surface area (Å²) in [5, 5.41) is 9.94.